The fourth-order valence-corrected chi connectivity index (χ4v) is 1.77. The summed E-state index contributed by atoms with van der Waals surface area (Å²) < 4.78 is 2.04. The van der Waals surface area contributed by atoms with Crippen molar-refractivity contribution in [2.45, 2.75) is 19.8 Å². The van der Waals surface area contributed by atoms with E-state index in [0.717, 1.165) is 0 Å². The number of aromatic nitrogens is 5. The monoisotopic (exact) mass is 324 g/mol. The molecule has 0 aliphatic rings. The van der Waals surface area contributed by atoms with Crippen LogP contribution in [0.4, 0.5) is 5.82 Å². The summed E-state index contributed by atoms with van der Waals surface area (Å²) in [5.74, 6) is 0.796. The molecule has 0 atom stereocenters. The molecule has 0 saturated carbocycles. The van der Waals surface area contributed by atoms with Crippen LogP contribution in [0, 0.1) is 0 Å². The van der Waals surface area contributed by atoms with Gasteiger partial charge in [0.25, 0.3) is 5.91 Å². The van der Waals surface area contributed by atoms with E-state index < -0.39 is 0 Å². The molecule has 1 amide bonds. The van der Waals surface area contributed by atoms with Crippen LogP contribution in [0.15, 0.2) is 16.9 Å². The van der Waals surface area contributed by atoms with Gasteiger partial charge in [-0.05, 0) is 15.9 Å². The second-order valence-electron chi connectivity index (χ2n) is 4.31. The molecule has 0 fully saturated rings. The minimum atomic E-state index is -0.350. The average Bonchev–Trinajstić information content (AvgIpc) is 2.74. The van der Waals surface area contributed by atoms with Crippen molar-refractivity contribution in [3.05, 3.63) is 28.4 Å². The predicted octanol–water partition coefficient (Wildman–Crippen LogP) is 1.74. The molecule has 19 heavy (non-hydrogen) atoms. The SMILES string of the molecule is CC(C)c1ncc(Br)c(C(=O)Nc2cn(C)nn2)n1. The Morgan fingerprint density at radius 2 is 2.21 bits per heavy atom. The van der Waals surface area contributed by atoms with E-state index in [1.54, 1.807) is 19.4 Å². The molecule has 2 rings (SSSR count). The van der Waals surface area contributed by atoms with E-state index in [2.05, 4.69) is 41.5 Å². The summed E-state index contributed by atoms with van der Waals surface area (Å²) >= 11 is 3.27. The topological polar surface area (TPSA) is 85.6 Å². The van der Waals surface area contributed by atoms with Crippen molar-refractivity contribution < 1.29 is 4.79 Å². The number of hydrogen-bond donors (Lipinski definition) is 1. The van der Waals surface area contributed by atoms with E-state index in [9.17, 15) is 4.79 Å². The minimum Gasteiger partial charge on any atom is -0.302 e. The summed E-state index contributed by atoms with van der Waals surface area (Å²) in [5, 5.41) is 10.2. The average molecular weight is 325 g/mol. The molecule has 0 spiro atoms. The highest BCUT2D eigenvalue weighted by Gasteiger charge is 2.16. The maximum Gasteiger partial charge on any atom is 0.276 e. The lowest BCUT2D eigenvalue weighted by Crippen LogP contribution is -2.16. The Labute approximate surface area is 118 Å². The van der Waals surface area contributed by atoms with Gasteiger partial charge in [0.15, 0.2) is 5.82 Å². The molecule has 7 nitrogen and oxygen atoms in total. The molecule has 0 aliphatic carbocycles. The minimum absolute atomic E-state index is 0.149. The first kappa shape index (κ1) is 13.6. The molecule has 1 N–H and O–H groups in total. The zero-order valence-electron chi connectivity index (χ0n) is 10.8. The van der Waals surface area contributed by atoms with Gasteiger partial charge in [0.05, 0.1) is 10.7 Å². The van der Waals surface area contributed by atoms with E-state index in [1.165, 1.54) is 4.68 Å². The van der Waals surface area contributed by atoms with Crippen molar-refractivity contribution in [3.63, 3.8) is 0 Å². The van der Waals surface area contributed by atoms with Crippen LogP contribution < -0.4 is 5.32 Å². The maximum atomic E-state index is 12.1. The Bertz CT molecular complexity index is 609. The van der Waals surface area contributed by atoms with Crippen LogP contribution in [0.25, 0.3) is 0 Å². The zero-order valence-corrected chi connectivity index (χ0v) is 12.3. The zero-order chi connectivity index (χ0) is 14.0. The molecule has 0 bridgehead atoms. The number of halogens is 1. The lowest BCUT2D eigenvalue weighted by atomic mass is 10.2. The van der Waals surface area contributed by atoms with Crippen molar-refractivity contribution >= 4 is 27.7 Å². The fraction of sp³-hybridized carbons (Fsp3) is 0.364. The summed E-state index contributed by atoms with van der Waals surface area (Å²) in [5.41, 5.74) is 0.282. The van der Waals surface area contributed by atoms with Gasteiger partial charge in [-0.1, -0.05) is 19.1 Å². The fourth-order valence-electron chi connectivity index (χ4n) is 1.40. The maximum absolute atomic E-state index is 12.1. The van der Waals surface area contributed by atoms with Crippen molar-refractivity contribution in [2.75, 3.05) is 5.32 Å². The molecule has 0 radical (unpaired) electrons. The highest BCUT2D eigenvalue weighted by molar-refractivity contribution is 9.10. The first-order valence-corrected chi connectivity index (χ1v) is 6.46. The van der Waals surface area contributed by atoms with E-state index >= 15 is 0 Å². The molecule has 0 aliphatic heterocycles. The number of rotatable bonds is 3. The summed E-state index contributed by atoms with van der Waals surface area (Å²) in [6.45, 7) is 3.93. The molecule has 0 aromatic carbocycles. The molecule has 100 valence electrons. The van der Waals surface area contributed by atoms with Crippen molar-refractivity contribution in [1.29, 1.82) is 0 Å². The molecule has 0 unspecified atom stereocenters. The molecule has 2 aromatic rings. The van der Waals surface area contributed by atoms with Gasteiger partial charge in [-0.15, -0.1) is 5.10 Å². The van der Waals surface area contributed by atoms with Crippen LogP contribution >= 0.6 is 15.9 Å². The van der Waals surface area contributed by atoms with Gasteiger partial charge in [0.2, 0.25) is 0 Å². The molecular weight excluding hydrogens is 312 g/mol. The Morgan fingerprint density at radius 3 is 2.79 bits per heavy atom. The van der Waals surface area contributed by atoms with Gasteiger partial charge >= 0.3 is 0 Å². The molecule has 2 aromatic heterocycles. The standard InChI is InChI=1S/C11H13BrN6O/c1-6(2)10-13-4-7(12)9(15-10)11(19)14-8-5-18(3)17-16-8/h4-6H,1-3H3,(H,14,19). The van der Waals surface area contributed by atoms with Gasteiger partial charge in [-0.3, -0.25) is 9.48 Å². The Balaban J connectivity index is 2.25. The number of nitrogens with one attached hydrogen (secondary N) is 1. The normalized spacial score (nSPS) is 10.8. The summed E-state index contributed by atoms with van der Waals surface area (Å²) in [6, 6.07) is 0. The number of amides is 1. The first-order chi connectivity index (χ1) is 8.97. The third-order valence-electron chi connectivity index (χ3n) is 2.34. The van der Waals surface area contributed by atoms with Crippen LogP contribution in [-0.2, 0) is 7.05 Å². The summed E-state index contributed by atoms with van der Waals surface area (Å²) in [7, 11) is 1.72. The summed E-state index contributed by atoms with van der Waals surface area (Å²) in [4.78, 5) is 20.5. The number of aryl methyl sites for hydroxylation is 1. The molecule has 2 heterocycles. The highest BCUT2D eigenvalue weighted by atomic mass is 79.9. The number of hydrogen-bond acceptors (Lipinski definition) is 5. The van der Waals surface area contributed by atoms with E-state index in [4.69, 9.17) is 0 Å². The first-order valence-electron chi connectivity index (χ1n) is 5.67. The third-order valence-corrected chi connectivity index (χ3v) is 2.92. The highest BCUT2D eigenvalue weighted by Crippen LogP contribution is 2.17. The van der Waals surface area contributed by atoms with Crippen molar-refractivity contribution in [2.24, 2.45) is 7.05 Å². The summed E-state index contributed by atoms with van der Waals surface area (Å²) in [6.07, 6.45) is 3.18. The van der Waals surface area contributed by atoms with Crippen molar-refractivity contribution in [1.82, 2.24) is 25.0 Å². The Kier molecular flexibility index (Phi) is 3.89. The van der Waals surface area contributed by atoms with Gasteiger partial charge in [-0.25, -0.2) is 9.97 Å². The Morgan fingerprint density at radius 1 is 1.47 bits per heavy atom. The van der Waals surface area contributed by atoms with E-state index in [1.807, 2.05) is 13.8 Å². The van der Waals surface area contributed by atoms with Crippen LogP contribution in [0.5, 0.6) is 0 Å². The second kappa shape index (κ2) is 5.43. The van der Waals surface area contributed by atoms with Crippen LogP contribution in [0.2, 0.25) is 0 Å². The number of anilines is 1. The van der Waals surface area contributed by atoms with Gasteiger partial charge in [0.1, 0.15) is 11.5 Å². The Hall–Kier alpha value is -1.83. The van der Waals surface area contributed by atoms with Crippen LogP contribution in [0.1, 0.15) is 36.1 Å². The van der Waals surface area contributed by atoms with Crippen LogP contribution in [0.3, 0.4) is 0 Å². The van der Waals surface area contributed by atoms with Crippen molar-refractivity contribution in [3.8, 4) is 0 Å². The number of carbonyl (C=O) groups excluding carboxylic acids is 1. The molecule has 0 saturated heterocycles. The lowest BCUT2D eigenvalue weighted by Gasteiger charge is -2.07. The molecular formula is C11H13BrN6O. The predicted molar refractivity (Wildman–Crippen MR) is 72.8 cm³/mol. The largest absolute Gasteiger partial charge is 0.302 e. The second-order valence-corrected chi connectivity index (χ2v) is 5.17. The smallest absolute Gasteiger partial charge is 0.276 e. The number of nitrogens with zero attached hydrogens (tertiary/aromatic N) is 5. The van der Waals surface area contributed by atoms with E-state index in [0.29, 0.717) is 16.1 Å². The molecule has 8 heteroatoms. The quantitative estimate of drug-likeness (QED) is 0.929. The third kappa shape index (κ3) is 3.14. The van der Waals surface area contributed by atoms with Gasteiger partial charge in [0, 0.05) is 19.2 Å². The van der Waals surface area contributed by atoms with Gasteiger partial charge < -0.3 is 5.32 Å². The lowest BCUT2D eigenvalue weighted by molar-refractivity contribution is 0.102. The number of carbonyl (C=O) groups is 1. The van der Waals surface area contributed by atoms with Gasteiger partial charge in [-0.2, -0.15) is 0 Å². The van der Waals surface area contributed by atoms with E-state index in [-0.39, 0.29) is 17.5 Å². The van der Waals surface area contributed by atoms with Crippen LogP contribution in [-0.4, -0.2) is 30.9 Å².